The molecule has 2 heterocycles. The van der Waals surface area contributed by atoms with E-state index in [1.165, 1.54) is 0 Å². The lowest BCUT2D eigenvalue weighted by Gasteiger charge is -2.30. The molecule has 2 aliphatic heterocycles. The van der Waals surface area contributed by atoms with E-state index in [9.17, 15) is 14.4 Å². The minimum atomic E-state index is -1.12. The number of anilines is 1. The molecule has 1 N–H and O–H groups in total. The fraction of sp³-hybridized carbons (Fsp3) is 0.444. The Kier molecular flexibility index (Phi) is 5.68. The molecule has 0 spiro atoms. The largest absolute Gasteiger partial charge is 0.376 e. The molecule has 3 rings (SSSR count). The monoisotopic (exact) mass is 377 g/mol. The molecule has 0 aromatic heterocycles. The Balaban J connectivity index is 1.85. The van der Waals surface area contributed by atoms with Crippen LogP contribution in [0.5, 0.6) is 0 Å². The topological polar surface area (TPSA) is 88.1 Å². The fourth-order valence-corrected chi connectivity index (χ4v) is 3.24. The number of hydrogen-bond donors (Lipinski definition) is 1. The van der Waals surface area contributed by atoms with E-state index in [0.717, 1.165) is 17.7 Å². The number of imide groups is 2. The number of amides is 4. The highest BCUT2D eigenvalue weighted by atomic mass is 35.5. The highest BCUT2D eigenvalue weighted by Gasteiger charge is 2.43. The Bertz CT molecular complexity index is 741. The maximum atomic E-state index is 12.9. The highest BCUT2D eigenvalue weighted by molar-refractivity contribution is 6.35. The van der Waals surface area contributed by atoms with Gasteiger partial charge in [0.25, 0.3) is 5.91 Å². The van der Waals surface area contributed by atoms with Gasteiger partial charge in [0.15, 0.2) is 5.92 Å². The number of hydrogen-bond acceptors (Lipinski definition) is 5. The number of urea groups is 1. The van der Waals surface area contributed by atoms with Crippen LogP contribution in [0.25, 0.3) is 0 Å². The molecular formula is C18H20ClN3O4. The number of carbonyl (C=O) groups excluding carboxylic acids is 3. The molecular weight excluding hydrogens is 358 g/mol. The molecule has 1 aromatic rings. The van der Waals surface area contributed by atoms with Crippen molar-refractivity contribution in [2.45, 2.75) is 32.3 Å². The summed E-state index contributed by atoms with van der Waals surface area (Å²) in [6, 6.07) is 5.50. The second kappa shape index (κ2) is 7.97. The van der Waals surface area contributed by atoms with E-state index in [1.807, 2.05) is 6.92 Å². The van der Waals surface area contributed by atoms with E-state index < -0.39 is 23.8 Å². The lowest BCUT2D eigenvalue weighted by Crippen LogP contribution is -2.60. The summed E-state index contributed by atoms with van der Waals surface area (Å²) in [5.74, 6) is -2.36. The first kappa shape index (κ1) is 18.5. The number of aliphatic imine (C=N–C) groups is 1. The molecule has 2 aliphatic rings. The van der Waals surface area contributed by atoms with E-state index in [1.54, 1.807) is 24.3 Å². The second-order valence-electron chi connectivity index (χ2n) is 6.20. The zero-order valence-electron chi connectivity index (χ0n) is 14.4. The van der Waals surface area contributed by atoms with Crippen LogP contribution >= 0.6 is 11.6 Å². The van der Waals surface area contributed by atoms with Gasteiger partial charge in [-0.2, -0.15) is 0 Å². The van der Waals surface area contributed by atoms with Crippen LogP contribution in [0.15, 0.2) is 29.3 Å². The molecule has 2 saturated heterocycles. The van der Waals surface area contributed by atoms with Crippen molar-refractivity contribution in [1.82, 2.24) is 5.32 Å². The Morgan fingerprint density at radius 1 is 1.31 bits per heavy atom. The van der Waals surface area contributed by atoms with Crippen molar-refractivity contribution in [3.8, 4) is 0 Å². The van der Waals surface area contributed by atoms with Crippen LogP contribution < -0.4 is 10.2 Å². The van der Waals surface area contributed by atoms with Gasteiger partial charge in [0.05, 0.1) is 18.3 Å². The number of halogens is 1. The third-order valence-corrected chi connectivity index (χ3v) is 4.72. The second-order valence-corrected chi connectivity index (χ2v) is 6.63. The van der Waals surface area contributed by atoms with Crippen LogP contribution in [0.3, 0.4) is 0 Å². The number of rotatable bonds is 5. The van der Waals surface area contributed by atoms with Gasteiger partial charge in [-0.15, -0.1) is 0 Å². The van der Waals surface area contributed by atoms with Crippen LogP contribution in [0, 0.1) is 5.92 Å². The summed E-state index contributed by atoms with van der Waals surface area (Å²) in [4.78, 5) is 42.9. The molecule has 138 valence electrons. The lowest BCUT2D eigenvalue weighted by molar-refractivity contribution is -0.131. The zero-order chi connectivity index (χ0) is 18.7. The lowest BCUT2D eigenvalue weighted by atomic mass is 9.96. The van der Waals surface area contributed by atoms with Crippen LogP contribution in [0.4, 0.5) is 10.5 Å². The Hall–Kier alpha value is -2.25. The predicted molar refractivity (Wildman–Crippen MR) is 97.5 cm³/mol. The number of benzene rings is 1. The quantitative estimate of drug-likeness (QED) is 0.631. The van der Waals surface area contributed by atoms with Crippen LogP contribution in [0.1, 0.15) is 26.2 Å². The molecule has 0 aliphatic carbocycles. The molecule has 0 bridgehead atoms. The van der Waals surface area contributed by atoms with Crippen molar-refractivity contribution in [1.29, 1.82) is 0 Å². The predicted octanol–water partition coefficient (Wildman–Crippen LogP) is 2.57. The average Bonchev–Trinajstić information content (AvgIpc) is 3.12. The van der Waals surface area contributed by atoms with Crippen LogP contribution in [0.2, 0.25) is 5.02 Å². The van der Waals surface area contributed by atoms with Gasteiger partial charge in [0.2, 0.25) is 5.91 Å². The number of ether oxygens (including phenoxy) is 1. The third-order valence-electron chi connectivity index (χ3n) is 4.47. The summed E-state index contributed by atoms with van der Waals surface area (Å²) in [6.07, 6.45) is 2.36. The van der Waals surface area contributed by atoms with Gasteiger partial charge >= 0.3 is 6.03 Å². The summed E-state index contributed by atoms with van der Waals surface area (Å²) in [6.45, 7) is 2.95. The first-order valence-corrected chi connectivity index (χ1v) is 8.98. The first-order chi connectivity index (χ1) is 12.5. The molecule has 2 atom stereocenters. The Morgan fingerprint density at radius 2 is 2.04 bits per heavy atom. The van der Waals surface area contributed by atoms with Gasteiger partial charge in [-0.1, -0.05) is 18.5 Å². The standard InChI is InChI=1S/C18H20ClN3O4/c1-2-14(20-10-13-4-3-9-26-13)15-16(23)21-18(25)22(17(15)24)12-7-5-11(19)6-8-12/h5-8,13,15H,2-4,9-10H2,1H3,(H,21,23,25)/t13-,15?/m1/s1. The van der Waals surface area contributed by atoms with Crippen molar-refractivity contribution in [2.75, 3.05) is 18.1 Å². The molecule has 1 unspecified atom stereocenters. The molecule has 0 radical (unpaired) electrons. The Labute approximate surface area is 156 Å². The van der Waals surface area contributed by atoms with E-state index in [-0.39, 0.29) is 6.10 Å². The van der Waals surface area contributed by atoms with Gasteiger partial charge in [0, 0.05) is 17.3 Å². The number of nitrogens with zero attached hydrogens (tertiary/aromatic N) is 2. The van der Waals surface area contributed by atoms with Gasteiger partial charge in [0.1, 0.15) is 0 Å². The van der Waals surface area contributed by atoms with Crippen molar-refractivity contribution in [2.24, 2.45) is 10.9 Å². The van der Waals surface area contributed by atoms with E-state index in [2.05, 4.69) is 10.3 Å². The van der Waals surface area contributed by atoms with Gasteiger partial charge in [-0.3, -0.25) is 19.9 Å². The summed E-state index contributed by atoms with van der Waals surface area (Å²) in [5.41, 5.74) is 0.804. The minimum Gasteiger partial charge on any atom is -0.376 e. The van der Waals surface area contributed by atoms with E-state index in [4.69, 9.17) is 16.3 Å². The van der Waals surface area contributed by atoms with Gasteiger partial charge in [-0.25, -0.2) is 9.69 Å². The van der Waals surface area contributed by atoms with Crippen molar-refractivity contribution >= 4 is 40.8 Å². The highest BCUT2D eigenvalue weighted by Crippen LogP contribution is 2.24. The Morgan fingerprint density at radius 3 is 2.65 bits per heavy atom. The number of barbiturate groups is 1. The average molecular weight is 378 g/mol. The molecule has 26 heavy (non-hydrogen) atoms. The van der Waals surface area contributed by atoms with Gasteiger partial charge < -0.3 is 4.74 Å². The normalized spacial score (nSPS) is 24.2. The minimum absolute atomic E-state index is 0.0207. The SMILES string of the molecule is CCC(=NC[C@H]1CCCO1)C1C(=O)NC(=O)N(c2ccc(Cl)cc2)C1=O. The third kappa shape index (κ3) is 3.78. The van der Waals surface area contributed by atoms with Crippen LogP contribution in [-0.2, 0) is 14.3 Å². The molecule has 8 heteroatoms. The van der Waals surface area contributed by atoms with Crippen molar-refractivity contribution in [3.05, 3.63) is 29.3 Å². The zero-order valence-corrected chi connectivity index (χ0v) is 15.2. The number of carbonyl (C=O) groups is 3. The summed E-state index contributed by atoms with van der Waals surface area (Å²) in [5, 5.41) is 2.73. The van der Waals surface area contributed by atoms with E-state index in [0.29, 0.717) is 36.0 Å². The maximum Gasteiger partial charge on any atom is 0.335 e. The van der Waals surface area contributed by atoms with Crippen LogP contribution in [-0.4, -0.2) is 42.8 Å². The first-order valence-electron chi connectivity index (χ1n) is 8.60. The van der Waals surface area contributed by atoms with Crippen molar-refractivity contribution in [3.63, 3.8) is 0 Å². The molecule has 2 fully saturated rings. The van der Waals surface area contributed by atoms with E-state index >= 15 is 0 Å². The summed E-state index contributed by atoms with van der Waals surface area (Å²) in [7, 11) is 0. The molecule has 1 aromatic carbocycles. The summed E-state index contributed by atoms with van der Waals surface area (Å²) >= 11 is 5.86. The maximum absolute atomic E-state index is 12.9. The fourth-order valence-electron chi connectivity index (χ4n) is 3.12. The molecule has 7 nitrogen and oxygen atoms in total. The van der Waals surface area contributed by atoms with Crippen molar-refractivity contribution < 1.29 is 19.1 Å². The molecule has 4 amide bonds. The van der Waals surface area contributed by atoms with Gasteiger partial charge in [-0.05, 0) is 43.5 Å². The smallest absolute Gasteiger partial charge is 0.335 e. The number of nitrogens with one attached hydrogen (secondary N) is 1. The molecule has 0 saturated carbocycles. The summed E-state index contributed by atoms with van der Waals surface area (Å²) < 4.78 is 5.54.